The number of aromatic nitrogens is 2. The van der Waals surface area contributed by atoms with E-state index in [9.17, 15) is 4.79 Å². The normalized spacial score (nSPS) is 17.3. The number of amides is 1. The number of piperazine rings is 1. The summed E-state index contributed by atoms with van der Waals surface area (Å²) in [6.45, 7) is 6.30. The Hall–Kier alpha value is -2.34. The summed E-state index contributed by atoms with van der Waals surface area (Å²) < 4.78 is 5.78. The highest BCUT2D eigenvalue weighted by Gasteiger charge is 2.27. The highest BCUT2D eigenvalue weighted by atomic mass is 35.5. The van der Waals surface area contributed by atoms with Crippen molar-refractivity contribution in [3.05, 3.63) is 41.7 Å². The Balaban J connectivity index is 1.67. The first-order valence-corrected chi connectivity index (χ1v) is 9.24. The molecule has 0 unspecified atom stereocenters. The Bertz CT molecular complexity index is 753. The lowest BCUT2D eigenvalue weighted by Crippen LogP contribution is -2.54. The van der Waals surface area contributed by atoms with Crippen LogP contribution < -0.4 is 9.64 Å². The smallest absolute Gasteiger partial charge is 0.224 e. The lowest BCUT2D eigenvalue weighted by molar-refractivity contribution is -0.133. The molecule has 1 aromatic heterocycles. The number of nitrogens with zero attached hydrogens (tertiary/aromatic N) is 4. The summed E-state index contributed by atoms with van der Waals surface area (Å²) in [6.07, 6.45) is 2.99. The van der Waals surface area contributed by atoms with Crippen molar-refractivity contribution in [3.63, 3.8) is 0 Å². The molecule has 1 saturated heterocycles. The van der Waals surface area contributed by atoms with Crippen molar-refractivity contribution in [1.82, 2.24) is 14.9 Å². The van der Waals surface area contributed by atoms with Gasteiger partial charge in [0.15, 0.2) is 0 Å². The molecule has 0 saturated carbocycles. The Morgan fingerprint density at radius 1 is 1.27 bits per heavy atom. The average molecular weight is 375 g/mol. The molecule has 2 aromatic rings. The Morgan fingerprint density at radius 2 is 2.04 bits per heavy atom. The fourth-order valence-corrected chi connectivity index (χ4v) is 3.20. The van der Waals surface area contributed by atoms with Gasteiger partial charge in [0.1, 0.15) is 17.9 Å². The molecule has 6 nitrogen and oxygen atoms in total. The van der Waals surface area contributed by atoms with Gasteiger partial charge in [-0.25, -0.2) is 9.97 Å². The second-order valence-electron chi connectivity index (χ2n) is 6.40. The van der Waals surface area contributed by atoms with E-state index >= 15 is 0 Å². The molecular formula is C19H23ClN4O2. The monoisotopic (exact) mass is 374 g/mol. The number of halogens is 1. The van der Waals surface area contributed by atoms with Crippen LogP contribution in [0.3, 0.4) is 0 Å². The maximum absolute atomic E-state index is 12.2. The van der Waals surface area contributed by atoms with E-state index in [0.717, 1.165) is 25.3 Å². The topological polar surface area (TPSA) is 58.6 Å². The third kappa shape index (κ3) is 4.43. The number of benzene rings is 1. The van der Waals surface area contributed by atoms with Crippen LogP contribution >= 0.6 is 11.6 Å². The molecule has 1 fully saturated rings. The van der Waals surface area contributed by atoms with E-state index in [2.05, 4.69) is 21.8 Å². The van der Waals surface area contributed by atoms with Crippen LogP contribution in [0, 0.1) is 0 Å². The minimum atomic E-state index is 0.151. The van der Waals surface area contributed by atoms with Gasteiger partial charge < -0.3 is 14.5 Å². The number of ether oxygens (including phenoxy) is 1. The van der Waals surface area contributed by atoms with Crippen molar-refractivity contribution in [2.24, 2.45) is 0 Å². The summed E-state index contributed by atoms with van der Waals surface area (Å²) in [7, 11) is 0. The van der Waals surface area contributed by atoms with Crippen LogP contribution in [-0.2, 0) is 4.79 Å². The van der Waals surface area contributed by atoms with E-state index in [0.29, 0.717) is 29.6 Å². The zero-order chi connectivity index (χ0) is 18.5. The van der Waals surface area contributed by atoms with Gasteiger partial charge in [-0.2, -0.15) is 0 Å². The molecule has 1 amide bonds. The molecule has 138 valence electrons. The van der Waals surface area contributed by atoms with Crippen LogP contribution in [0.1, 0.15) is 26.7 Å². The Morgan fingerprint density at radius 3 is 2.73 bits per heavy atom. The summed E-state index contributed by atoms with van der Waals surface area (Å²) in [5.41, 5.74) is 0. The predicted octanol–water partition coefficient (Wildman–Crippen LogP) is 3.76. The Kier molecular flexibility index (Phi) is 5.93. The van der Waals surface area contributed by atoms with Gasteiger partial charge in [0.2, 0.25) is 11.8 Å². The maximum Gasteiger partial charge on any atom is 0.224 e. The van der Waals surface area contributed by atoms with Crippen LogP contribution in [0.4, 0.5) is 5.82 Å². The highest BCUT2D eigenvalue weighted by molar-refractivity contribution is 6.30. The van der Waals surface area contributed by atoms with Gasteiger partial charge in [0.25, 0.3) is 0 Å². The summed E-state index contributed by atoms with van der Waals surface area (Å²) >= 11 is 5.89. The molecule has 1 aromatic carbocycles. The summed E-state index contributed by atoms with van der Waals surface area (Å²) in [4.78, 5) is 24.9. The standard InChI is InChI=1S/C19H23ClN4O2/c1-3-4-19(25)24-10-9-23(12-14(24)2)17-11-18(22-13-21-17)26-16-7-5-15(20)6-8-16/h5-8,11,13-14H,3-4,9-10,12H2,1-2H3/t14-/m1/s1. The van der Waals surface area contributed by atoms with E-state index < -0.39 is 0 Å². The summed E-state index contributed by atoms with van der Waals surface area (Å²) in [5, 5.41) is 0.658. The minimum Gasteiger partial charge on any atom is -0.439 e. The molecule has 7 heteroatoms. The maximum atomic E-state index is 12.2. The molecule has 0 aliphatic carbocycles. The first-order valence-electron chi connectivity index (χ1n) is 8.86. The molecule has 1 aliphatic heterocycles. The van der Waals surface area contributed by atoms with Crippen molar-refractivity contribution in [3.8, 4) is 11.6 Å². The number of rotatable bonds is 5. The van der Waals surface area contributed by atoms with Gasteiger partial charge in [0, 0.05) is 43.2 Å². The number of carbonyl (C=O) groups is 1. The number of carbonyl (C=O) groups excluding carboxylic acids is 1. The average Bonchev–Trinajstić information content (AvgIpc) is 2.64. The van der Waals surface area contributed by atoms with Crippen molar-refractivity contribution in [1.29, 1.82) is 0 Å². The van der Waals surface area contributed by atoms with Gasteiger partial charge in [-0.05, 0) is 37.6 Å². The van der Waals surface area contributed by atoms with Crippen LogP contribution in [0.2, 0.25) is 5.02 Å². The quantitative estimate of drug-likeness (QED) is 0.797. The first-order chi connectivity index (χ1) is 12.6. The number of anilines is 1. The third-order valence-corrected chi connectivity index (χ3v) is 4.65. The predicted molar refractivity (Wildman–Crippen MR) is 102 cm³/mol. The van der Waals surface area contributed by atoms with E-state index in [1.54, 1.807) is 24.3 Å². The molecule has 26 heavy (non-hydrogen) atoms. The van der Waals surface area contributed by atoms with Crippen molar-refractivity contribution in [2.45, 2.75) is 32.7 Å². The fraction of sp³-hybridized carbons (Fsp3) is 0.421. The minimum absolute atomic E-state index is 0.151. The molecule has 3 rings (SSSR count). The molecule has 1 aliphatic rings. The van der Waals surface area contributed by atoms with Crippen LogP contribution in [0.25, 0.3) is 0 Å². The van der Waals surface area contributed by atoms with Gasteiger partial charge in [-0.3, -0.25) is 4.79 Å². The van der Waals surface area contributed by atoms with Crippen LogP contribution in [-0.4, -0.2) is 46.5 Å². The summed E-state index contributed by atoms with van der Waals surface area (Å²) in [5.74, 6) is 2.18. The lowest BCUT2D eigenvalue weighted by atomic mass is 10.1. The van der Waals surface area contributed by atoms with Crippen molar-refractivity contribution >= 4 is 23.3 Å². The van der Waals surface area contributed by atoms with Crippen molar-refractivity contribution in [2.75, 3.05) is 24.5 Å². The number of hydrogen-bond acceptors (Lipinski definition) is 5. The fourth-order valence-electron chi connectivity index (χ4n) is 3.08. The molecule has 2 heterocycles. The Labute approximate surface area is 158 Å². The lowest BCUT2D eigenvalue weighted by Gasteiger charge is -2.40. The zero-order valence-electron chi connectivity index (χ0n) is 15.1. The van der Waals surface area contributed by atoms with Gasteiger partial charge >= 0.3 is 0 Å². The van der Waals surface area contributed by atoms with E-state index in [1.165, 1.54) is 6.33 Å². The second kappa shape index (κ2) is 8.36. The summed E-state index contributed by atoms with van der Waals surface area (Å²) in [6, 6.07) is 9.11. The zero-order valence-corrected chi connectivity index (χ0v) is 15.8. The van der Waals surface area contributed by atoms with E-state index in [4.69, 9.17) is 16.3 Å². The van der Waals surface area contributed by atoms with Crippen LogP contribution in [0.5, 0.6) is 11.6 Å². The molecule has 0 bridgehead atoms. The largest absolute Gasteiger partial charge is 0.439 e. The molecular weight excluding hydrogens is 352 g/mol. The molecule has 0 spiro atoms. The van der Waals surface area contributed by atoms with Crippen LogP contribution in [0.15, 0.2) is 36.7 Å². The van der Waals surface area contributed by atoms with Gasteiger partial charge in [-0.1, -0.05) is 18.5 Å². The molecule has 0 N–H and O–H groups in total. The van der Waals surface area contributed by atoms with E-state index in [1.807, 2.05) is 17.9 Å². The third-order valence-electron chi connectivity index (χ3n) is 4.40. The second-order valence-corrected chi connectivity index (χ2v) is 6.84. The molecule has 1 atom stereocenters. The van der Waals surface area contributed by atoms with Gasteiger partial charge in [-0.15, -0.1) is 0 Å². The number of hydrogen-bond donors (Lipinski definition) is 0. The highest BCUT2D eigenvalue weighted by Crippen LogP contribution is 2.25. The van der Waals surface area contributed by atoms with E-state index in [-0.39, 0.29) is 11.9 Å². The first kappa shape index (κ1) is 18.5. The van der Waals surface area contributed by atoms with Crippen molar-refractivity contribution < 1.29 is 9.53 Å². The SMILES string of the molecule is CCCC(=O)N1CCN(c2cc(Oc3ccc(Cl)cc3)ncn2)C[C@H]1C. The van der Waals surface area contributed by atoms with Gasteiger partial charge in [0.05, 0.1) is 0 Å². The molecule has 0 radical (unpaired) electrons.